The molecule has 212 valence electrons. The maximum atomic E-state index is 13.9. The summed E-state index contributed by atoms with van der Waals surface area (Å²) in [5.41, 5.74) is 0.373. The second-order valence-electron chi connectivity index (χ2n) is 7.70. The standard InChI is InChI=1S/C23H17F8NO7/c1-13(2)19(33)35-12-21(26,27)38-23(30,31)39-22(28,29)37-20(24,25)11-34-16-6-5-14-8-17(36-18(14)9-16)15-4-3-7-32-10-15/h3-10H,1,11-12H2,2H3. The third-order valence-electron chi connectivity index (χ3n) is 4.34. The summed E-state index contributed by atoms with van der Waals surface area (Å²) >= 11 is 0. The molecule has 0 aliphatic heterocycles. The molecule has 0 bridgehead atoms. The predicted octanol–water partition coefficient (Wildman–Crippen LogP) is 6.33. The van der Waals surface area contributed by atoms with Gasteiger partial charge in [-0.2, -0.15) is 17.6 Å². The first kappa shape index (κ1) is 29.8. The Morgan fingerprint density at radius 1 is 0.923 bits per heavy atom. The van der Waals surface area contributed by atoms with Gasteiger partial charge in [-0.25, -0.2) is 19.0 Å². The number of benzene rings is 1. The smallest absolute Gasteiger partial charge is 0.484 e. The number of hydrogen-bond donors (Lipinski definition) is 0. The number of nitrogens with zero attached hydrogens (tertiary/aromatic N) is 1. The summed E-state index contributed by atoms with van der Waals surface area (Å²) in [5.74, 6) is -1.36. The molecule has 8 nitrogen and oxygen atoms in total. The molecule has 3 rings (SSSR count). The van der Waals surface area contributed by atoms with Gasteiger partial charge in [0.05, 0.1) is 0 Å². The minimum atomic E-state index is -5.88. The Hall–Kier alpha value is -3.76. The van der Waals surface area contributed by atoms with Gasteiger partial charge >= 0.3 is 30.8 Å². The van der Waals surface area contributed by atoms with Crippen LogP contribution in [0.2, 0.25) is 0 Å². The molecule has 0 aliphatic rings. The number of halogens is 8. The lowest BCUT2D eigenvalue weighted by Crippen LogP contribution is -2.46. The maximum absolute atomic E-state index is 13.9. The molecular weight excluding hydrogens is 554 g/mol. The number of alkyl halides is 8. The molecule has 0 spiro atoms. The normalized spacial score (nSPS) is 12.9. The molecule has 1 aromatic carbocycles. The van der Waals surface area contributed by atoms with Crippen LogP contribution in [0.3, 0.4) is 0 Å². The first-order valence-electron chi connectivity index (χ1n) is 10.5. The monoisotopic (exact) mass is 571 g/mol. The lowest BCUT2D eigenvalue weighted by atomic mass is 10.2. The van der Waals surface area contributed by atoms with E-state index in [1.165, 1.54) is 24.5 Å². The number of furan rings is 1. The van der Waals surface area contributed by atoms with E-state index in [4.69, 9.17) is 9.15 Å². The SMILES string of the molecule is C=C(C)C(=O)OCC(F)(F)OC(F)(F)OC(F)(F)OC(F)(F)COc1ccc2cc(-c3cccnc3)oc2c1. The van der Waals surface area contributed by atoms with E-state index in [0.29, 0.717) is 16.7 Å². The van der Waals surface area contributed by atoms with Crippen LogP contribution in [-0.2, 0) is 23.7 Å². The van der Waals surface area contributed by atoms with Gasteiger partial charge in [-0.05, 0) is 37.3 Å². The Bertz CT molecular complexity index is 1310. The number of carbonyl (C=O) groups is 1. The van der Waals surface area contributed by atoms with Crippen LogP contribution in [0.1, 0.15) is 6.92 Å². The van der Waals surface area contributed by atoms with Crippen molar-refractivity contribution in [2.45, 2.75) is 31.7 Å². The molecule has 0 radical (unpaired) electrons. The van der Waals surface area contributed by atoms with Gasteiger partial charge in [0.2, 0.25) is 0 Å². The molecule has 2 heterocycles. The molecule has 39 heavy (non-hydrogen) atoms. The molecule has 16 heteroatoms. The van der Waals surface area contributed by atoms with Gasteiger partial charge in [0.25, 0.3) is 0 Å². The molecule has 3 aromatic rings. The lowest BCUT2D eigenvalue weighted by Gasteiger charge is -2.27. The Morgan fingerprint density at radius 3 is 2.15 bits per heavy atom. The largest absolute Gasteiger partial charge is 0.496 e. The number of pyridine rings is 1. The van der Waals surface area contributed by atoms with E-state index >= 15 is 0 Å². The van der Waals surface area contributed by atoms with Crippen LogP contribution in [-0.4, -0.2) is 49.0 Å². The zero-order chi connectivity index (χ0) is 29.1. The van der Waals surface area contributed by atoms with Crippen molar-refractivity contribution in [2.75, 3.05) is 13.2 Å². The number of esters is 1. The van der Waals surface area contributed by atoms with E-state index in [9.17, 15) is 39.9 Å². The minimum absolute atomic E-state index is 0.163. The van der Waals surface area contributed by atoms with E-state index < -0.39 is 49.6 Å². The van der Waals surface area contributed by atoms with Crippen LogP contribution in [0, 0.1) is 0 Å². The third-order valence-corrected chi connectivity index (χ3v) is 4.34. The maximum Gasteiger partial charge on any atom is 0.496 e. The van der Waals surface area contributed by atoms with Crippen molar-refractivity contribution in [3.8, 4) is 17.1 Å². The summed E-state index contributed by atoms with van der Waals surface area (Å²) in [6, 6.07) is 8.67. The molecule has 0 amide bonds. The average molecular weight is 571 g/mol. The molecule has 2 aromatic heterocycles. The van der Waals surface area contributed by atoms with E-state index in [1.807, 2.05) is 0 Å². The number of aromatic nitrogens is 1. The van der Waals surface area contributed by atoms with Gasteiger partial charge in [-0.1, -0.05) is 6.58 Å². The Kier molecular flexibility index (Phi) is 8.52. The lowest BCUT2D eigenvalue weighted by molar-refractivity contribution is -0.574. The fourth-order valence-corrected chi connectivity index (χ4v) is 2.78. The Balaban J connectivity index is 1.58. The van der Waals surface area contributed by atoms with Crippen LogP contribution < -0.4 is 4.74 Å². The molecular formula is C23H17F8NO7. The molecule has 0 atom stereocenters. The minimum Gasteiger partial charge on any atom is -0.484 e. The van der Waals surface area contributed by atoms with Crippen LogP contribution >= 0.6 is 0 Å². The number of ether oxygens (including phenoxy) is 5. The van der Waals surface area contributed by atoms with E-state index in [-0.39, 0.29) is 11.3 Å². The quantitative estimate of drug-likeness (QED) is 0.102. The summed E-state index contributed by atoms with van der Waals surface area (Å²) in [7, 11) is 0. The summed E-state index contributed by atoms with van der Waals surface area (Å²) in [5, 5.41) is 0.526. The summed E-state index contributed by atoms with van der Waals surface area (Å²) < 4.78 is 131. The van der Waals surface area contributed by atoms with Gasteiger partial charge in [0.15, 0.2) is 13.2 Å². The van der Waals surface area contributed by atoms with Gasteiger partial charge in [-0.3, -0.25) is 4.98 Å². The molecule has 0 N–H and O–H groups in total. The second kappa shape index (κ2) is 11.2. The number of carbonyl (C=O) groups excluding carboxylic acids is 1. The zero-order valence-electron chi connectivity index (χ0n) is 19.6. The fraction of sp³-hybridized carbons (Fsp3) is 0.304. The van der Waals surface area contributed by atoms with Crippen molar-refractivity contribution in [2.24, 2.45) is 0 Å². The topological polar surface area (TPSA) is 89.3 Å². The van der Waals surface area contributed by atoms with Crippen molar-refractivity contribution in [1.29, 1.82) is 0 Å². The molecule has 0 aliphatic carbocycles. The molecule has 0 unspecified atom stereocenters. The Labute approximate surface area is 213 Å². The van der Waals surface area contributed by atoms with Crippen LogP contribution in [0.15, 0.2) is 65.4 Å². The van der Waals surface area contributed by atoms with Crippen LogP contribution in [0.25, 0.3) is 22.3 Å². The van der Waals surface area contributed by atoms with Crippen LogP contribution in [0.5, 0.6) is 5.75 Å². The number of fused-ring (bicyclic) bond motifs is 1. The summed E-state index contributed by atoms with van der Waals surface area (Å²) in [6.45, 7) is -0.0187. The van der Waals surface area contributed by atoms with Gasteiger partial charge < -0.3 is 13.9 Å². The highest BCUT2D eigenvalue weighted by atomic mass is 19.3. The second-order valence-corrected chi connectivity index (χ2v) is 7.70. The first-order valence-corrected chi connectivity index (χ1v) is 10.5. The van der Waals surface area contributed by atoms with Crippen molar-refractivity contribution in [3.05, 3.63) is 60.9 Å². The third kappa shape index (κ3) is 8.90. The Morgan fingerprint density at radius 2 is 1.56 bits per heavy atom. The molecule has 0 saturated heterocycles. The van der Waals surface area contributed by atoms with Gasteiger partial charge in [0, 0.05) is 35.0 Å². The number of rotatable bonds is 13. The van der Waals surface area contributed by atoms with Gasteiger partial charge in [-0.15, -0.1) is 17.6 Å². The highest BCUT2D eigenvalue weighted by Crippen LogP contribution is 2.37. The van der Waals surface area contributed by atoms with Gasteiger partial charge in [0.1, 0.15) is 17.1 Å². The van der Waals surface area contributed by atoms with E-state index in [0.717, 1.165) is 13.0 Å². The van der Waals surface area contributed by atoms with E-state index in [2.05, 4.69) is 30.5 Å². The van der Waals surface area contributed by atoms with Crippen LogP contribution in [0.4, 0.5) is 35.1 Å². The molecule has 0 saturated carbocycles. The summed E-state index contributed by atoms with van der Waals surface area (Å²) in [6.07, 6.45) is -18.7. The predicted molar refractivity (Wildman–Crippen MR) is 114 cm³/mol. The van der Waals surface area contributed by atoms with Crippen molar-refractivity contribution in [3.63, 3.8) is 0 Å². The first-order chi connectivity index (χ1) is 18.0. The zero-order valence-corrected chi connectivity index (χ0v) is 19.6. The van der Waals surface area contributed by atoms with Crippen molar-refractivity contribution in [1.82, 2.24) is 4.98 Å². The highest BCUT2D eigenvalue weighted by Gasteiger charge is 2.57. The summed E-state index contributed by atoms with van der Waals surface area (Å²) in [4.78, 5) is 15.0. The van der Waals surface area contributed by atoms with E-state index in [1.54, 1.807) is 18.2 Å². The number of hydrogen-bond acceptors (Lipinski definition) is 8. The van der Waals surface area contributed by atoms with Crippen molar-refractivity contribution >= 4 is 16.9 Å². The fourth-order valence-electron chi connectivity index (χ4n) is 2.78. The van der Waals surface area contributed by atoms with Crippen molar-refractivity contribution < 1.29 is 68.0 Å². The average Bonchev–Trinajstić information content (AvgIpc) is 3.23. The molecule has 0 fully saturated rings. The highest BCUT2D eigenvalue weighted by molar-refractivity contribution is 5.87.